The van der Waals surface area contributed by atoms with Crippen molar-refractivity contribution in [1.82, 2.24) is 25.1 Å². The molecule has 0 radical (unpaired) electrons. The van der Waals surface area contributed by atoms with Gasteiger partial charge in [-0.3, -0.25) is 4.68 Å². The van der Waals surface area contributed by atoms with Crippen LogP contribution in [0.4, 0.5) is 15.1 Å². The van der Waals surface area contributed by atoms with Crippen LogP contribution in [0.1, 0.15) is 40.5 Å². The first-order chi connectivity index (χ1) is 17.5. The summed E-state index contributed by atoms with van der Waals surface area (Å²) in [6.45, 7) is -0.942. The van der Waals surface area contributed by atoms with E-state index in [-0.39, 0.29) is 39.0 Å². The van der Waals surface area contributed by atoms with Crippen LogP contribution in [0, 0.1) is 12.7 Å². The Balaban J connectivity index is 2.14. The molecule has 170 valence electrons. The number of carbonyl (C=O) groups is 1. The fourth-order valence-electron chi connectivity index (χ4n) is 2.84. The fourth-order valence-corrected chi connectivity index (χ4v) is 3.12. The molecule has 8 nitrogen and oxygen atoms in total. The minimum absolute atomic E-state index is 0.0239. The summed E-state index contributed by atoms with van der Waals surface area (Å²) in [4.78, 5) is 19.8. The molecule has 2 atom stereocenters. The third-order valence-electron chi connectivity index (χ3n) is 4.38. The Hall–Kier alpha value is -3.20. The molecule has 0 spiro atoms. The Bertz CT molecular complexity index is 1350. The highest BCUT2D eigenvalue weighted by Crippen LogP contribution is 2.35. The molecule has 2 unspecified atom stereocenters. The number of methoxy groups -OCH3 is 1. The molecule has 0 fully saturated rings. The van der Waals surface area contributed by atoms with E-state index in [2.05, 4.69) is 30.4 Å². The van der Waals surface area contributed by atoms with Gasteiger partial charge in [0, 0.05) is 51.2 Å². The van der Waals surface area contributed by atoms with Crippen LogP contribution in [0.2, 0.25) is 5.02 Å². The lowest BCUT2D eigenvalue weighted by atomic mass is 10.0. The van der Waals surface area contributed by atoms with E-state index >= 15 is 4.39 Å². The molecule has 0 saturated heterocycles. The second-order valence-corrected chi connectivity index (χ2v) is 7.33. The zero-order chi connectivity index (χ0) is 28.6. The first-order valence-corrected chi connectivity index (χ1v) is 9.88. The van der Waals surface area contributed by atoms with E-state index < -0.39 is 37.3 Å². The lowest BCUT2D eigenvalue weighted by Crippen LogP contribution is -2.37. The van der Waals surface area contributed by atoms with Crippen LogP contribution in [-0.4, -0.2) is 45.5 Å². The van der Waals surface area contributed by atoms with Gasteiger partial charge in [0.05, 0.1) is 16.9 Å². The van der Waals surface area contributed by atoms with Crippen LogP contribution in [0.3, 0.4) is 0 Å². The minimum atomic E-state index is -2.78. The number of hydrogen-bond acceptors (Lipinski definition) is 6. The molecule has 0 saturated carbocycles. The van der Waals surface area contributed by atoms with Gasteiger partial charge < -0.3 is 15.4 Å². The number of amides is 1. The Morgan fingerprint density at radius 2 is 2.22 bits per heavy atom. The molecule has 2 N–H and O–H groups in total. The van der Waals surface area contributed by atoms with Gasteiger partial charge in [0.25, 0.3) is 0 Å². The van der Waals surface area contributed by atoms with Gasteiger partial charge in [0.2, 0.25) is 5.95 Å². The lowest BCUT2D eigenvalue weighted by molar-refractivity contribution is 0.168. The van der Waals surface area contributed by atoms with Gasteiger partial charge >= 0.3 is 6.09 Å². The molecular weight excluding hydrogens is 435 g/mol. The highest BCUT2D eigenvalue weighted by atomic mass is 35.5. The summed E-state index contributed by atoms with van der Waals surface area (Å²) in [5.41, 5.74) is 0.447. The number of nitrogens with one attached hydrogen (secondary N) is 2. The highest BCUT2D eigenvalue weighted by molar-refractivity contribution is 6.31. The molecule has 3 aromatic rings. The molecular formula is C22H26ClFN6O2. The summed E-state index contributed by atoms with van der Waals surface area (Å²) in [5.74, 6) is -0.829. The van der Waals surface area contributed by atoms with E-state index in [1.165, 1.54) is 44.4 Å². The largest absolute Gasteiger partial charge is 0.453 e. The number of aryl methyl sites for hydroxylation is 1. The number of benzene rings is 1. The summed E-state index contributed by atoms with van der Waals surface area (Å²) < 4.78 is 68.9. The predicted molar refractivity (Wildman–Crippen MR) is 122 cm³/mol. The molecule has 0 aliphatic heterocycles. The zero-order valence-corrected chi connectivity index (χ0v) is 18.6. The maximum atomic E-state index is 15.2. The molecule has 10 heteroatoms. The number of hydrogen-bond donors (Lipinski definition) is 2. The standard InChI is InChI=1S/C22H26ClFN6O2/c1-12(2)30-11-17(20(29-30)16-9-15(23)8-13(3)19(16)24)18-6-7-25-21(28-18)26-10-14(4)27-22(31)32-5/h6-9,11-12,14H,10H2,1-5H3,(H,27,31)(H,25,26,28)/i1D3,10D2,12D. The third-order valence-corrected chi connectivity index (χ3v) is 4.60. The summed E-state index contributed by atoms with van der Waals surface area (Å²) in [6, 6.07) is 0.910. The van der Waals surface area contributed by atoms with Gasteiger partial charge in [-0.25, -0.2) is 19.2 Å². The van der Waals surface area contributed by atoms with E-state index in [9.17, 15) is 4.79 Å². The van der Waals surface area contributed by atoms with Crippen LogP contribution in [0.15, 0.2) is 30.6 Å². The van der Waals surface area contributed by atoms with Crippen molar-refractivity contribution < 1.29 is 22.1 Å². The van der Waals surface area contributed by atoms with E-state index in [1.807, 2.05) is 0 Å². The SMILES string of the molecule is [2H]C([2H])(Nc1nccc(-c2cn(C([2H])(C)C([2H])([2H])[2H])nc2-c2cc(Cl)cc(C)c2F)n1)C(C)NC(=O)OC. The molecule has 1 aromatic carbocycles. The van der Waals surface area contributed by atoms with Gasteiger partial charge in [-0.1, -0.05) is 11.6 Å². The smallest absolute Gasteiger partial charge is 0.407 e. The summed E-state index contributed by atoms with van der Waals surface area (Å²) in [5, 5.41) is 9.30. The van der Waals surface area contributed by atoms with Crippen molar-refractivity contribution >= 4 is 23.6 Å². The van der Waals surface area contributed by atoms with Crippen LogP contribution in [0.5, 0.6) is 0 Å². The number of carbonyl (C=O) groups excluding carboxylic acids is 1. The number of aromatic nitrogens is 4. The zero-order valence-electron chi connectivity index (χ0n) is 23.8. The van der Waals surface area contributed by atoms with E-state index in [4.69, 9.17) is 19.8 Å². The maximum Gasteiger partial charge on any atom is 0.407 e. The molecule has 2 aromatic heterocycles. The Kier molecular flexibility index (Phi) is 5.11. The summed E-state index contributed by atoms with van der Waals surface area (Å²) in [6.07, 6.45) is 1.73. The van der Waals surface area contributed by atoms with Crippen molar-refractivity contribution in [2.75, 3.05) is 18.9 Å². The average Bonchev–Trinajstić information content (AvgIpc) is 3.26. The van der Waals surface area contributed by atoms with Crippen molar-refractivity contribution in [2.45, 2.75) is 39.7 Å². The normalized spacial score (nSPS) is 17.4. The van der Waals surface area contributed by atoms with Crippen molar-refractivity contribution in [1.29, 1.82) is 0 Å². The topological polar surface area (TPSA) is 94.0 Å². The maximum absolute atomic E-state index is 15.2. The van der Waals surface area contributed by atoms with Crippen LogP contribution in [0.25, 0.3) is 22.5 Å². The van der Waals surface area contributed by atoms with Gasteiger partial charge in [0.1, 0.15) is 11.5 Å². The van der Waals surface area contributed by atoms with Crippen LogP contribution >= 0.6 is 11.6 Å². The number of alkyl carbamates (subject to hydrolysis) is 1. The molecule has 32 heavy (non-hydrogen) atoms. The monoisotopic (exact) mass is 466 g/mol. The molecule has 3 rings (SSSR count). The Morgan fingerprint density at radius 3 is 2.94 bits per heavy atom. The van der Waals surface area contributed by atoms with E-state index in [0.717, 1.165) is 18.7 Å². The second-order valence-electron chi connectivity index (χ2n) is 6.90. The van der Waals surface area contributed by atoms with Crippen molar-refractivity contribution in [3.05, 3.63) is 47.0 Å². The highest BCUT2D eigenvalue weighted by Gasteiger charge is 2.20. The number of rotatable bonds is 7. The number of ether oxygens (including phenoxy) is 1. The quantitative estimate of drug-likeness (QED) is 0.517. The predicted octanol–water partition coefficient (Wildman–Crippen LogP) is 4.85. The van der Waals surface area contributed by atoms with Crippen molar-refractivity contribution in [3.63, 3.8) is 0 Å². The minimum Gasteiger partial charge on any atom is -0.453 e. The van der Waals surface area contributed by atoms with Crippen molar-refractivity contribution in [3.8, 4) is 22.5 Å². The third kappa shape index (κ3) is 5.34. The van der Waals surface area contributed by atoms with E-state index in [1.54, 1.807) is 0 Å². The van der Waals surface area contributed by atoms with Crippen LogP contribution < -0.4 is 10.6 Å². The van der Waals surface area contributed by atoms with Crippen molar-refractivity contribution in [2.24, 2.45) is 0 Å². The number of nitrogens with zero attached hydrogens (tertiary/aromatic N) is 4. The lowest BCUT2D eigenvalue weighted by Gasteiger charge is -2.14. The first kappa shape index (κ1) is 16.4. The number of anilines is 1. The number of halogens is 2. The summed E-state index contributed by atoms with van der Waals surface area (Å²) >= 11 is 6.17. The molecule has 2 heterocycles. The molecule has 0 aliphatic carbocycles. The fraction of sp³-hybridized carbons (Fsp3) is 0.364. The van der Waals surface area contributed by atoms with Gasteiger partial charge in [-0.15, -0.1) is 0 Å². The van der Waals surface area contributed by atoms with Crippen LogP contribution in [-0.2, 0) is 4.74 Å². The first-order valence-electron chi connectivity index (χ1n) is 12.5. The molecule has 0 bridgehead atoms. The molecule has 1 amide bonds. The van der Waals surface area contributed by atoms with E-state index in [0.29, 0.717) is 0 Å². The second kappa shape index (κ2) is 9.95. The molecule has 0 aliphatic rings. The Labute approximate surface area is 199 Å². The van der Waals surface area contributed by atoms with Gasteiger partial charge in [-0.05, 0) is 51.4 Å². The Morgan fingerprint density at radius 1 is 1.44 bits per heavy atom. The van der Waals surface area contributed by atoms with Gasteiger partial charge in [-0.2, -0.15) is 5.10 Å². The summed E-state index contributed by atoms with van der Waals surface area (Å²) in [7, 11) is 1.15. The average molecular weight is 467 g/mol. The van der Waals surface area contributed by atoms with Gasteiger partial charge in [0.15, 0.2) is 0 Å².